The van der Waals surface area contributed by atoms with Crippen LogP contribution < -0.4 is 20.1 Å². The van der Waals surface area contributed by atoms with Gasteiger partial charge in [-0.3, -0.25) is 4.79 Å². The molecule has 1 aromatic carbocycles. The van der Waals surface area contributed by atoms with Crippen LogP contribution in [0.1, 0.15) is 66.7 Å². The van der Waals surface area contributed by atoms with Crippen LogP contribution in [0.15, 0.2) is 29.6 Å². The van der Waals surface area contributed by atoms with Crippen molar-refractivity contribution in [1.29, 1.82) is 0 Å². The molecule has 1 aliphatic carbocycles. The summed E-state index contributed by atoms with van der Waals surface area (Å²) in [6.07, 6.45) is 2.18. The van der Waals surface area contributed by atoms with Crippen molar-refractivity contribution in [2.45, 2.75) is 97.1 Å². The average Bonchev–Trinajstić information content (AvgIpc) is 3.76. The number of carbonyl (C=O) groups is 3. The van der Waals surface area contributed by atoms with E-state index in [1.165, 1.54) is 16.2 Å². The maximum absolute atomic E-state index is 14.0. The van der Waals surface area contributed by atoms with Gasteiger partial charge in [0.25, 0.3) is 0 Å². The zero-order chi connectivity index (χ0) is 33.2. The Morgan fingerprint density at radius 1 is 1.07 bits per heavy atom. The van der Waals surface area contributed by atoms with E-state index in [0.29, 0.717) is 33.8 Å². The molecule has 2 fully saturated rings. The van der Waals surface area contributed by atoms with E-state index in [9.17, 15) is 19.5 Å². The van der Waals surface area contributed by atoms with Gasteiger partial charge in [0, 0.05) is 35.4 Å². The Labute approximate surface area is 272 Å². The van der Waals surface area contributed by atoms with Gasteiger partial charge in [-0.25, -0.2) is 19.6 Å². The number of methoxy groups -OCH3 is 1. The summed E-state index contributed by atoms with van der Waals surface area (Å²) in [4.78, 5) is 50.0. The Bertz CT molecular complexity index is 1580. The Kier molecular flexibility index (Phi) is 9.90. The van der Waals surface area contributed by atoms with Crippen LogP contribution >= 0.6 is 11.3 Å². The highest BCUT2D eigenvalue weighted by Gasteiger charge is 2.46. The number of hydrogen-bond acceptors (Lipinski definition) is 10. The van der Waals surface area contributed by atoms with Gasteiger partial charge in [0.1, 0.15) is 41.5 Å². The smallest absolute Gasteiger partial charge is 0.408 e. The van der Waals surface area contributed by atoms with Crippen molar-refractivity contribution in [3.05, 3.63) is 29.6 Å². The molecule has 2 amide bonds. The largest absolute Gasteiger partial charge is 0.497 e. The molecule has 248 valence electrons. The first kappa shape index (κ1) is 33.2. The predicted molar refractivity (Wildman–Crippen MR) is 175 cm³/mol. The molecule has 5 rings (SSSR count). The average molecular weight is 654 g/mol. The summed E-state index contributed by atoms with van der Waals surface area (Å²) in [5, 5.41) is 19.6. The zero-order valence-electron chi connectivity index (χ0n) is 27.2. The van der Waals surface area contributed by atoms with E-state index in [1.807, 2.05) is 46.1 Å². The molecule has 1 saturated carbocycles. The van der Waals surface area contributed by atoms with Crippen molar-refractivity contribution in [3.8, 4) is 22.9 Å². The summed E-state index contributed by atoms with van der Waals surface area (Å²) in [5.41, 5.74) is 1.16. The molecule has 0 spiro atoms. The highest BCUT2D eigenvalue weighted by atomic mass is 32.1. The van der Waals surface area contributed by atoms with Gasteiger partial charge in [0.15, 0.2) is 5.13 Å². The minimum atomic E-state index is -1.14. The van der Waals surface area contributed by atoms with Crippen molar-refractivity contribution in [2.75, 3.05) is 19.0 Å². The molecule has 1 saturated heterocycles. The molecule has 0 radical (unpaired) electrons. The number of likely N-dealkylation sites (tertiary alicyclic amines) is 1. The fraction of sp³-hybridized carbons (Fsp3) is 0.545. The molecule has 0 bridgehead atoms. The minimum Gasteiger partial charge on any atom is -0.497 e. The summed E-state index contributed by atoms with van der Waals surface area (Å²) < 4.78 is 17.5. The molecule has 1 aliphatic heterocycles. The van der Waals surface area contributed by atoms with Crippen molar-refractivity contribution >= 4 is 45.3 Å². The number of rotatable bonds is 10. The van der Waals surface area contributed by atoms with Crippen LogP contribution in [-0.2, 0) is 14.3 Å². The molecule has 2 aromatic heterocycles. The number of alkyl carbamates (subject to hydrolysis) is 1. The van der Waals surface area contributed by atoms with Crippen LogP contribution in [0, 0.1) is 5.41 Å². The number of anilines is 1. The number of pyridine rings is 1. The number of carboxylic acids is 1. The van der Waals surface area contributed by atoms with Crippen molar-refractivity contribution in [3.63, 3.8) is 0 Å². The number of amides is 2. The molecule has 13 heteroatoms. The number of benzene rings is 1. The molecule has 2 aliphatic rings. The van der Waals surface area contributed by atoms with Gasteiger partial charge in [-0.15, -0.1) is 11.3 Å². The highest BCUT2D eigenvalue weighted by molar-refractivity contribution is 7.14. The fourth-order valence-corrected chi connectivity index (χ4v) is 6.75. The summed E-state index contributed by atoms with van der Waals surface area (Å²) in [6, 6.07) is 5.33. The van der Waals surface area contributed by atoms with Crippen LogP contribution in [0.4, 0.5) is 9.93 Å². The van der Waals surface area contributed by atoms with Gasteiger partial charge in [-0.2, -0.15) is 0 Å². The summed E-state index contributed by atoms with van der Waals surface area (Å²) in [5.74, 6) is -0.521. The Balaban J connectivity index is 1.41. The van der Waals surface area contributed by atoms with Crippen molar-refractivity contribution in [1.82, 2.24) is 20.2 Å². The second-order valence-corrected chi connectivity index (χ2v) is 14.2. The first-order chi connectivity index (χ1) is 21.8. The second kappa shape index (κ2) is 13.7. The topological polar surface area (TPSA) is 152 Å². The number of thiazole rings is 1. The number of aliphatic carboxylic acids is 1. The van der Waals surface area contributed by atoms with Crippen LogP contribution in [-0.4, -0.2) is 81.9 Å². The third-order valence-corrected chi connectivity index (χ3v) is 9.01. The monoisotopic (exact) mass is 653 g/mol. The van der Waals surface area contributed by atoms with Crippen molar-refractivity contribution in [2.24, 2.45) is 5.41 Å². The maximum atomic E-state index is 14.0. The van der Waals surface area contributed by atoms with Gasteiger partial charge >= 0.3 is 12.1 Å². The summed E-state index contributed by atoms with van der Waals surface area (Å²) in [6.45, 7) is 9.57. The zero-order valence-corrected chi connectivity index (χ0v) is 28.0. The number of fused-ring (bicyclic) bond motifs is 1. The Hall–Kier alpha value is -4.13. The van der Waals surface area contributed by atoms with Crippen LogP contribution in [0.25, 0.3) is 22.3 Å². The normalized spacial score (nSPS) is 19.3. The molecule has 3 aromatic rings. The second-order valence-electron chi connectivity index (χ2n) is 13.3. The lowest BCUT2D eigenvalue weighted by Crippen LogP contribution is -2.57. The molecule has 12 nitrogen and oxygen atoms in total. The van der Waals surface area contributed by atoms with Gasteiger partial charge in [0.05, 0.1) is 24.9 Å². The molecular weight excluding hydrogens is 610 g/mol. The van der Waals surface area contributed by atoms with Crippen LogP contribution in [0.3, 0.4) is 0 Å². The first-order valence-corrected chi connectivity index (χ1v) is 16.6. The fourth-order valence-electron chi connectivity index (χ4n) is 5.90. The van der Waals surface area contributed by atoms with Crippen molar-refractivity contribution < 1.29 is 33.7 Å². The summed E-state index contributed by atoms with van der Waals surface area (Å²) in [7, 11) is 1.58. The SMILES string of the molecule is COc1ccc2c(OC3CC(C(=O)O)N(C(=O)[C@@H](NC(=O)OC4CCCC4)C(C)(C)C)C3)cc(-c3csc(NC(C)C)n3)nc2c1. The maximum Gasteiger partial charge on any atom is 0.408 e. The quantitative estimate of drug-likeness (QED) is 0.248. The van der Waals surface area contributed by atoms with E-state index in [2.05, 4.69) is 10.6 Å². The molecule has 46 heavy (non-hydrogen) atoms. The van der Waals surface area contributed by atoms with E-state index in [-0.39, 0.29) is 25.1 Å². The molecular formula is C33H43N5O7S. The third kappa shape index (κ3) is 7.63. The highest BCUT2D eigenvalue weighted by Crippen LogP contribution is 2.36. The number of ether oxygens (including phenoxy) is 3. The van der Waals surface area contributed by atoms with Crippen LogP contribution in [0.2, 0.25) is 0 Å². The lowest BCUT2D eigenvalue weighted by atomic mass is 9.85. The van der Waals surface area contributed by atoms with Gasteiger partial charge in [-0.05, 0) is 57.1 Å². The van der Waals surface area contributed by atoms with E-state index < -0.39 is 41.6 Å². The Morgan fingerprint density at radius 2 is 1.80 bits per heavy atom. The lowest BCUT2D eigenvalue weighted by Gasteiger charge is -2.34. The van der Waals surface area contributed by atoms with Gasteiger partial charge in [0.2, 0.25) is 5.91 Å². The number of carbonyl (C=O) groups excluding carboxylic acids is 2. The number of carboxylic acid groups (broad SMARTS) is 1. The number of nitrogens with zero attached hydrogens (tertiary/aromatic N) is 3. The van der Waals surface area contributed by atoms with E-state index in [1.54, 1.807) is 25.3 Å². The number of hydrogen-bond donors (Lipinski definition) is 3. The standard InChI is InChI=1S/C33H43N5O7S/c1-18(2)34-31-36-25(17-46-31)24-15-27(22-12-11-20(43-6)13-23(22)35-24)44-21-14-26(30(40)41)38(16-21)29(39)28(33(3,4)5)37-32(42)45-19-9-7-8-10-19/h11-13,15,17-19,21,26,28H,7-10,14,16H2,1-6H3,(H,34,36)(H,37,42)(H,40,41)/t21?,26?,28-/m1/s1. The van der Waals surface area contributed by atoms with Gasteiger partial charge in [-0.1, -0.05) is 20.8 Å². The Morgan fingerprint density at radius 3 is 2.46 bits per heavy atom. The van der Waals surface area contributed by atoms with E-state index in [0.717, 1.165) is 30.8 Å². The minimum absolute atomic E-state index is 0.0240. The first-order valence-electron chi connectivity index (χ1n) is 15.7. The van der Waals surface area contributed by atoms with E-state index in [4.69, 9.17) is 24.2 Å². The summed E-state index contributed by atoms with van der Waals surface area (Å²) >= 11 is 1.47. The third-order valence-electron chi connectivity index (χ3n) is 8.23. The lowest BCUT2D eigenvalue weighted by molar-refractivity contribution is -0.150. The van der Waals surface area contributed by atoms with E-state index >= 15 is 0 Å². The predicted octanol–water partition coefficient (Wildman–Crippen LogP) is 5.70. The molecule has 3 atom stereocenters. The molecule has 3 heterocycles. The number of nitrogens with one attached hydrogen (secondary N) is 2. The molecule has 2 unspecified atom stereocenters. The molecule has 3 N–H and O–H groups in total. The van der Waals surface area contributed by atoms with Crippen LogP contribution in [0.5, 0.6) is 11.5 Å². The number of aromatic nitrogens is 2. The van der Waals surface area contributed by atoms with Gasteiger partial charge < -0.3 is 34.9 Å².